The van der Waals surface area contributed by atoms with Crippen molar-refractivity contribution in [2.24, 2.45) is 0 Å². The molecule has 0 aliphatic carbocycles. The smallest absolute Gasteiger partial charge is 0.338 e. The van der Waals surface area contributed by atoms with Gasteiger partial charge in [0.25, 0.3) is 5.91 Å². The Hall–Kier alpha value is -1.73. The molecule has 0 atom stereocenters. The van der Waals surface area contributed by atoms with E-state index < -0.39 is 17.7 Å². The minimum absolute atomic E-state index is 0.0197. The molecule has 0 radical (unpaired) electrons. The third-order valence-corrected chi connectivity index (χ3v) is 3.62. The fraction of sp³-hybridized carbons (Fsp3) is 0. The molecule has 0 saturated heterocycles. The van der Waals surface area contributed by atoms with Crippen molar-refractivity contribution < 1.29 is 19.1 Å². The van der Waals surface area contributed by atoms with E-state index in [-0.39, 0.29) is 16.1 Å². The fourth-order valence-corrected chi connectivity index (χ4v) is 2.55. The first-order valence-corrected chi connectivity index (χ1v) is 6.73. The van der Waals surface area contributed by atoms with E-state index in [1.807, 2.05) is 0 Å². The summed E-state index contributed by atoms with van der Waals surface area (Å²) in [6.45, 7) is 0. The highest BCUT2D eigenvalue weighted by atomic mass is 79.9. The SMILES string of the molecule is O=C(Nc1sccc1C(=O)O)c1cc(Br)ccc1F. The van der Waals surface area contributed by atoms with E-state index >= 15 is 0 Å². The number of carbonyl (C=O) groups is 2. The molecule has 1 amide bonds. The van der Waals surface area contributed by atoms with Gasteiger partial charge in [0, 0.05) is 4.47 Å². The number of hydrogen-bond acceptors (Lipinski definition) is 3. The highest BCUT2D eigenvalue weighted by Gasteiger charge is 2.17. The molecule has 2 N–H and O–H groups in total. The van der Waals surface area contributed by atoms with Gasteiger partial charge in [0.15, 0.2) is 0 Å². The van der Waals surface area contributed by atoms with Crippen LogP contribution in [0.3, 0.4) is 0 Å². The molecule has 1 aromatic heterocycles. The van der Waals surface area contributed by atoms with E-state index in [4.69, 9.17) is 5.11 Å². The van der Waals surface area contributed by atoms with Crippen LogP contribution < -0.4 is 5.32 Å². The van der Waals surface area contributed by atoms with Gasteiger partial charge in [0.05, 0.1) is 11.1 Å². The van der Waals surface area contributed by atoms with Gasteiger partial charge in [0.2, 0.25) is 0 Å². The number of anilines is 1. The van der Waals surface area contributed by atoms with Gasteiger partial charge in [-0.25, -0.2) is 9.18 Å². The quantitative estimate of drug-likeness (QED) is 0.894. The van der Waals surface area contributed by atoms with E-state index in [9.17, 15) is 14.0 Å². The lowest BCUT2D eigenvalue weighted by molar-refractivity contribution is 0.0698. The lowest BCUT2D eigenvalue weighted by Crippen LogP contribution is -2.14. The Labute approximate surface area is 120 Å². The van der Waals surface area contributed by atoms with Crippen LogP contribution >= 0.6 is 27.3 Å². The average molecular weight is 344 g/mol. The number of carboxylic acid groups (broad SMARTS) is 1. The molecule has 19 heavy (non-hydrogen) atoms. The van der Waals surface area contributed by atoms with E-state index in [0.29, 0.717) is 4.47 Å². The largest absolute Gasteiger partial charge is 0.478 e. The summed E-state index contributed by atoms with van der Waals surface area (Å²) in [4.78, 5) is 22.8. The zero-order chi connectivity index (χ0) is 14.0. The van der Waals surface area contributed by atoms with Crippen molar-refractivity contribution in [2.75, 3.05) is 5.32 Å². The Kier molecular flexibility index (Phi) is 3.96. The normalized spacial score (nSPS) is 10.2. The Morgan fingerprint density at radius 1 is 1.26 bits per heavy atom. The van der Waals surface area contributed by atoms with Crippen LogP contribution in [0.4, 0.5) is 9.39 Å². The average Bonchev–Trinajstić information content (AvgIpc) is 2.80. The summed E-state index contributed by atoms with van der Waals surface area (Å²) in [6, 6.07) is 5.34. The number of carboxylic acids is 1. The maximum absolute atomic E-state index is 13.5. The summed E-state index contributed by atoms with van der Waals surface area (Å²) in [5, 5.41) is 13.0. The molecule has 2 rings (SSSR count). The van der Waals surface area contributed by atoms with Gasteiger partial charge >= 0.3 is 5.97 Å². The number of halogens is 2. The van der Waals surface area contributed by atoms with Gasteiger partial charge in [0.1, 0.15) is 10.8 Å². The first-order chi connectivity index (χ1) is 8.99. The molecule has 0 spiro atoms. The van der Waals surface area contributed by atoms with E-state index in [2.05, 4.69) is 21.2 Å². The highest BCUT2D eigenvalue weighted by Crippen LogP contribution is 2.24. The second kappa shape index (κ2) is 5.50. The summed E-state index contributed by atoms with van der Waals surface area (Å²) in [5.41, 5.74) is -0.173. The topological polar surface area (TPSA) is 66.4 Å². The van der Waals surface area contributed by atoms with Gasteiger partial charge in [-0.05, 0) is 29.6 Å². The second-order valence-corrected chi connectivity index (χ2v) is 5.38. The Bertz CT molecular complexity index is 656. The monoisotopic (exact) mass is 343 g/mol. The van der Waals surface area contributed by atoms with Crippen molar-refractivity contribution in [1.29, 1.82) is 0 Å². The number of rotatable bonds is 3. The maximum atomic E-state index is 13.5. The van der Waals surface area contributed by atoms with Crippen molar-refractivity contribution in [2.45, 2.75) is 0 Å². The molecule has 7 heteroatoms. The molecular weight excluding hydrogens is 337 g/mol. The van der Waals surface area contributed by atoms with Crippen molar-refractivity contribution in [3.8, 4) is 0 Å². The second-order valence-electron chi connectivity index (χ2n) is 3.55. The number of aromatic carboxylic acids is 1. The minimum atomic E-state index is -1.15. The predicted molar refractivity (Wildman–Crippen MR) is 73.3 cm³/mol. The van der Waals surface area contributed by atoms with Gasteiger partial charge in [-0.15, -0.1) is 11.3 Å². The zero-order valence-corrected chi connectivity index (χ0v) is 11.7. The van der Waals surface area contributed by atoms with Gasteiger partial charge in [-0.3, -0.25) is 4.79 Å². The fourth-order valence-electron chi connectivity index (χ4n) is 1.42. The van der Waals surface area contributed by atoms with Crippen LogP contribution in [0.15, 0.2) is 34.1 Å². The lowest BCUT2D eigenvalue weighted by atomic mass is 10.2. The molecule has 0 fully saturated rings. The Morgan fingerprint density at radius 3 is 2.68 bits per heavy atom. The minimum Gasteiger partial charge on any atom is -0.478 e. The third-order valence-electron chi connectivity index (χ3n) is 2.30. The Balaban J connectivity index is 2.28. The van der Waals surface area contributed by atoms with E-state index in [1.54, 1.807) is 0 Å². The van der Waals surface area contributed by atoms with Crippen molar-refractivity contribution in [1.82, 2.24) is 0 Å². The summed E-state index contributed by atoms with van der Waals surface area (Å²) in [7, 11) is 0. The molecule has 0 aliphatic heterocycles. The van der Waals surface area contributed by atoms with Crippen LogP contribution in [-0.4, -0.2) is 17.0 Å². The first-order valence-electron chi connectivity index (χ1n) is 5.06. The maximum Gasteiger partial charge on any atom is 0.338 e. The summed E-state index contributed by atoms with van der Waals surface area (Å²) in [5.74, 6) is -2.51. The lowest BCUT2D eigenvalue weighted by Gasteiger charge is -2.05. The first kappa shape index (κ1) is 13.7. The van der Waals surface area contributed by atoms with Crippen LogP contribution in [0, 0.1) is 5.82 Å². The van der Waals surface area contributed by atoms with E-state index in [1.165, 1.54) is 23.6 Å². The molecule has 0 unspecified atom stereocenters. The van der Waals surface area contributed by atoms with Crippen LogP contribution in [0.2, 0.25) is 0 Å². The molecular formula is C12H7BrFNO3S. The number of hydrogen-bond donors (Lipinski definition) is 2. The van der Waals surface area contributed by atoms with E-state index in [0.717, 1.165) is 17.4 Å². The van der Waals surface area contributed by atoms with Crippen molar-refractivity contribution in [3.63, 3.8) is 0 Å². The van der Waals surface area contributed by atoms with Crippen molar-refractivity contribution >= 4 is 44.1 Å². The van der Waals surface area contributed by atoms with Crippen LogP contribution in [-0.2, 0) is 0 Å². The number of thiophene rings is 1. The van der Waals surface area contributed by atoms with Crippen LogP contribution in [0.5, 0.6) is 0 Å². The summed E-state index contributed by atoms with van der Waals surface area (Å²) in [6.07, 6.45) is 0. The standard InChI is InChI=1S/C12H7BrFNO3S/c13-6-1-2-9(14)8(5-6)10(16)15-11-7(12(17)18)3-4-19-11/h1-5H,(H,15,16)(H,17,18). The molecule has 0 aliphatic rings. The van der Waals surface area contributed by atoms with Gasteiger partial charge < -0.3 is 10.4 Å². The van der Waals surface area contributed by atoms with Crippen LogP contribution in [0.1, 0.15) is 20.7 Å². The molecule has 0 bridgehead atoms. The number of nitrogens with one attached hydrogen (secondary N) is 1. The molecule has 1 heterocycles. The number of amides is 1. The van der Waals surface area contributed by atoms with Gasteiger partial charge in [-0.1, -0.05) is 15.9 Å². The zero-order valence-electron chi connectivity index (χ0n) is 9.31. The third kappa shape index (κ3) is 2.99. The highest BCUT2D eigenvalue weighted by molar-refractivity contribution is 9.10. The molecule has 2 aromatic rings. The molecule has 1 aromatic carbocycles. The molecule has 4 nitrogen and oxygen atoms in total. The number of benzene rings is 1. The molecule has 98 valence electrons. The van der Waals surface area contributed by atoms with Gasteiger partial charge in [-0.2, -0.15) is 0 Å². The molecule has 0 saturated carbocycles. The van der Waals surface area contributed by atoms with Crippen molar-refractivity contribution in [3.05, 3.63) is 51.1 Å². The number of carbonyl (C=O) groups excluding carboxylic acids is 1. The van der Waals surface area contributed by atoms with Crippen LogP contribution in [0.25, 0.3) is 0 Å². The summed E-state index contributed by atoms with van der Waals surface area (Å²) < 4.78 is 14.1. The Morgan fingerprint density at radius 2 is 2.00 bits per heavy atom. The predicted octanol–water partition coefficient (Wildman–Crippen LogP) is 3.60. The summed E-state index contributed by atoms with van der Waals surface area (Å²) >= 11 is 4.21.